The lowest BCUT2D eigenvalue weighted by molar-refractivity contribution is -0.139. The van der Waals surface area contributed by atoms with E-state index in [4.69, 9.17) is 0 Å². The van der Waals surface area contributed by atoms with Crippen LogP contribution in [0.1, 0.15) is 38.3 Å². The first-order chi connectivity index (χ1) is 18.1. The monoisotopic (exact) mass is 535 g/mol. The zero-order valence-electron chi connectivity index (χ0n) is 22.5. The van der Waals surface area contributed by atoms with Crippen molar-refractivity contribution in [1.82, 2.24) is 10.2 Å². The number of nitrogens with zero attached hydrogens (tertiary/aromatic N) is 2. The molecule has 202 valence electrons. The van der Waals surface area contributed by atoms with Gasteiger partial charge in [-0.25, -0.2) is 8.42 Å². The van der Waals surface area contributed by atoms with Crippen molar-refractivity contribution in [1.29, 1.82) is 0 Å². The lowest BCUT2D eigenvalue weighted by Gasteiger charge is -2.32. The molecule has 0 bridgehead atoms. The van der Waals surface area contributed by atoms with Gasteiger partial charge in [-0.15, -0.1) is 0 Å². The summed E-state index contributed by atoms with van der Waals surface area (Å²) < 4.78 is 28.6. The topological polar surface area (TPSA) is 86.8 Å². The Morgan fingerprint density at radius 2 is 1.53 bits per heavy atom. The molecule has 0 spiro atoms. The van der Waals surface area contributed by atoms with Gasteiger partial charge in [0.1, 0.15) is 12.6 Å². The molecular formula is C30H37N3O4S. The fourth-order valence-corrected chi connectivity index (χ4v) is 5.49. The average molecular weight is 536 g/mol. The van der Waals surface area contributed by atoms with Crippen molar-refractivity contribution < 1.29 is 18.0 Å². The van der Waals surface area contributed by atoms with Crippen LogP contribution in [0, 0.1) is 6.92 Å². The van der Waals surface area contributed by atoms with Crippen molar-refractivity contribution in [2.24, 2.45) is 0 Å². The van der Waals surface area contributed by atoms with Gasteiger partial charge in [-0.2, -0.15) is 0 Å². The molecule has 0 aliphatic heterocycles. The van der Waals surface area contributed by atoms with Gasteiger partial charge in [0.15, 0.2) is 0 Å². The number of amides is 2. The smallest absolute Gasteiger partial charge is 0.264 e. The molecule has 3 aromatic carbocycles. The van der Waals surface area contributed by atoms with Crippen LogP contribution in [0.15, 0.2) is 89.8 Å². The summed E-state index contributed by atoms with van der Waals surface area (Å²) in [5, 5.41) is 2.95. The molecule has 38 heavy (non-hydrogen) atoms. The summed E-state index contributed by atoms with van der Waals surface area (Å²) in [5.41, 5.74) is 2.28. The van der Waals surface area contributed by atoms with E-state index in [2.05, 4.69) is 5.32 Å². The van der Waals surface area contributed by atoms with Crippen LogP contribution in [-0.2, 0) is 26.0 Å². The molecule has 8 heteroatoms. The van der Waals surface area contributed by atoms with Crippen molar-refractivity contribution in [3.05, 3.63) is 96.1 Å². The Balaban J connectivity index is 1.96. The van der Waals surface area contributed by atoms with E-state index in [1.54, 1.807) is 43.3 Å². The molecule has 3 aromatic rings. The Hall–Kier alpha value is -3.65. The van der Waals surface area contributed by atoms with Gasteiger partial charge < -0.3 is 10.2 Å². The molecule has 0 heterocycles. The Kier molecular flexibility index (Phi) is 10.1. The van der Waals surface area contributed by atoms with Crippen LogP contribution in [0.4, 0.5) is 5.69 Å². The van der Waals surface area contributed by atoms with Crippen LogP contribution < -0.4 is 9.62 Å². The highest BCUT2D eigenvalue weighted by atomic mass is 32.2. The van der Waals surface area contributed by atoms with Crippen molar-refractivity contribution in [3.8, 4) is 0 Å². The van der Waals surface area contributed by atoms with Gasteiger partial charge in [0.25, 0.3) is 10.0 Å². The van der Waals surface area contributed by atoms with Gasteiger partial charge in [0.2, 0.25) is 11.8 Å². The molecule has 0 radical (unpaired) electrons. The summed E-state index contributed by atoms with van der Waals surface area (Å²) in [6, 6.07) is 24.0. The summed E-state index contributed by atoms with van der Waals surface area (Å²) in [5.74, 6) is -0.720. The number of carbonyl (C=O) groups is 2. The molecule has 3 rings (SSSR count). The van der Waals surface area contributed by atoms with Crippen molar-refractivity contribution in [2.75, 3.05) is 17.4 Å². The first-order valence-electron chi connectivity index (χ1n) is 12.9. The Morgan fingerprint density at radius 3 is 2.13 bits per heavy atom. The number of rotatable bonds is 12. The summed E-state index contributed by atoms with van der Waals surface area (Å²) in [6.45, 7) is 7.27. The largest absolute Gasteiger partial charge is 0.352 e. The van der Waals surface area contributed by atoms with E-state index in [1.165, 1.54) is 17.0 Å². The van der Waals surface area contributed by atoms with Crippen molar-refractivity contribution in [2.45, 2.75) is 57.5 Å². The first kappa shape index (κ1) is 28.9. The predicted molar refractivity (Wildman–Crippen MR) is 151 cm³/mol. The maximum absolute atomic E-state index is 13.9. The second-order valence-electron chi connectivity index (χ2n) is 9.48. The summed E-state index contributed by atoms with van der Waals surface area (Å²) in [7, 11) is -4.05. The SMILES string of the molecule is CC[C@@H](C)NC(=O)[C@H](C)N(CCc1ccccc1)C(=O)CN(c1cccc(C)c1)S(=O)(=O)c1ccccc1. The summed E-state index contributed by atoms with van der Waals surface area (Å²) >= 11 is 0. The highest BCUT2D eigenvalue weighted by Crippen LogP contribution is 2.25. The Morgan fingerprint density at radius 1 is 0.895 bits per heavy atom. The lowest BCUT2D eigenvalue weighted by atomic mass is 10.1. The van der Waals surface area contributed by atoms with Crippen LogP contribution in [0.3, 0.4) is 0 Å². The van der Waals surface area contributed by atoms with Crippen LogP contribution in [0.2, 0.25) is 0 Å². The average Bonchev–Trinajstić information content (AvgIpc) is 2.92. The van der Waals surface area contributed by atoms with Gasteiger partial charge in [0.05, 0.1) is 10.6 Å². The lowest BCUT2D eigenvalue weighted by Crippen LogP contribution is -2.53. The molecule has 0 saturated heterocycles. The molecule has 0 unspecified atom stereocenters. The number of carbonyl (C=O) groups excluding carboxylic acids is 2. The molecule has 0 aliphatic rings. The number of hydrogen-bond acceptors (Lipinski definition) is 4. The molecule has 1 N–H and O–H groups in total. The zero-order chi connectivity index (χ0) is 27.7. The third-order valence-electron chi connectivity index (χ3n) is 6.55. The quantitative estimate of drug-likeness (QED) is 0.368. The third-order valence-corrected chi connectivity index (χ3v) is 8.34. The fourth-order valence-electron chi connectivity index (χ4n) is 4.07. The number of anilines is 1. The second-order valence-corrected chi connectivity index (χ2v) is 11.3. The minimum Gasteiger partial charge on any atom is -0.352 e. The fraction of sp³-hybridized carbons (Fsp3) is 0.333. The van der Waals surface area contributed by atoms with E-state index < -0.39 is 28.5 Å². The van der Waals surface area contributed by atoms with Crippen molar-refractivity contribution >= 4 is 27.5 Å². The van der Waals surface area contributed by atoms with Crippen LogP contribution in [0.5, 0.6) is 0 Å². The molecular weight excluding hydrogens is 498 g/mol. The van der Waals surface area contributed by atoms with E-state index >= 15 is 0 Å². The van der Waals surface area contributed by atoms with Gasteiger partial charge in [-0.1, -0.05) is 67.6 Å². The zero-order valence-corrected chi connectivity index (χ0v) is 23.3. The summed E-state index contributed by atoms with van der Waals surface area (Å²) in [4.78, 5) is 28.5. The van der Waals surface area contributed by atoms with E-state index in [0.717, 1.165) is 21.9 Å². The standard InChI is InChI=1S/C30H37N3O4S/c1-5-24(3)31-30(35)25(4)32(20-19-26-14-8-6-9-15-26)29(34)22-33(27-16-12-13-23(2)21-27)38(36,37)28-17-10-7-11-18-28/h6-18,21,24-25H,5,19-20,22H2,1-4H3,(H,31,35)/t24-,25+/m1/s1. The number of hydrogen-bond donors (Lipinski definition) is 1. The first-order valence-corrected chi connectivity index (χ1v) is 14.4. The molecule has 2 atom stereocenters. The normalized spacial score (nSPS) is 12.8. The van der Waals surface area contributed by atoms with E-state index in [9.17, 15) is 18.0 Å². The second kappa shape index (κ2) is 13.2. The minimum atomic E-state index is -4.05. The number of aryl methyl sites for hydroxylation is 1. The van der Waals surface area contributed by atoms with Crippen LogP contribution >= 0.6 is 0 Å². The van der Waals surface area contributed by atoms with Gasteiger partial charge >= 0.3 is 0 Å². The third kappa shape index (κ3) is 7.44. The number of nitrogens with one attached hydrogen (secondary N) is 1. The van der Waals surface area contributed by atoms with Gasteiger partial charge in [-0.05, 0) is 69.0 Å². The Labute approximate surface area is 226 Å². The molecule has 7 nitrogen and oxygen atoms in total. The van der Waals surface area contributed by atoms with E-state index in [0.29, 0.717) is 12.1 Å². The highest BCUT2D eigenvalue weighted by Gasteiger charge is 2.32. The number of benzene rings is 3. The molecule has 0 aliphatic carbocycles. The maximum Gasteiger partial charge on any atom is 0.264 e. The van der Waals surface area contributed by atoms with E-state index in [1.807, 2.05) is 57.2 Å². The minimum absolute atomic E-state index is 0.0433. The predicted octanol–water partition coefficient (Wildman–Crippen LogP) is 4.56. The van der Waals surface area contributed by atoms with Crippen LogP contribution in [0.25, 0.3) is 0 Å². The Bertz CT molecular complexity index is 1310. The number of sulfonamides is 1. The molecule has 0 fully saturated rings. The van der Waals surface area contributed by atoms with Gasteiger partial charge in [-0.3, -0.25) is 13.9 Å². The van der Waals surface area contributed by atoms with E-state index in [-0.39, 0.29) is 23.4 Å². The molecule has 2 amide bonds. The van der Waals surface area contributed by atoms with Crippen LogP contribution in [-0.4, -0.2) is 50.3 Å². The summed E-state index contributed by atoms with van der Waals surface area (Å²) in [6.07, 6.45) is 1.29. The van der Waals surface area contributed by atoms with Gasteiger partial charge in [0, 0.05) is 12.6 Å². The maximum atomic E-state index is 13.9. The van der Waals surface area contributed by atoms with Crippen molar-refractivity contribution in [3.63, 3.8) is 0 Å². The molecule has 0 aromatic heterocycles. The highest BCUT2D eigenvalue weighted by molar-refractivity contribution is 7.92. The molecule has 0 saturated carbocycles.